The summed E-state index contributed by atoms with van der Waals surface area (Å²) in [4.78, 5) is 20.5. The molecule has 23 heavy (non-hydrogen) atoms. The van der Waals surface area contributed by atoms with Gasteiger partial charge in [-0.15, -0.1) is 0 Å². The molecule has 1 fully saturated rings. The van der Waals surface area contributed by atoms with E-state index >= 15 is 0 Å². The highest BCUT2D eigenvalue weighted by atomic mass is 35.5. The van der Waals surface area contributed by atoms with Crippen LogP contribution in [0.3, 0.4) is 0 Å². The molecule has 0 saturated carbocycles. The molecular weight excluding hydrogens is 312 g/mol. The van der Waals surface area contributed by atoms with Crippen molar-refractivity contribution in [3.8, 4) is 0 Å². The van der Waals surface area contributed by atoms with Crippen molar-refractivity contribution in [2.45, 2.75) is 26.3 Å². The van der Waals surface area contributed by atoms with Crippen molar-refractivity contribution in [2.75, 3.05) is 33.2 Å². The largest absolute Gasteiger partial charge is 0.357 e. The molecule has 5 nitrogen and oxygen atoms in total. The number of rotatable bonds is 5. The highest BCUT2D eigenvalue weighted by molar-refractivity contribution is 6.31. The van der Waals surface area contributed by atoms with E-state index in [1.807, 2.05) is 48.0 Å². The van der Waals surface area contributed by atoms with Gasteiger partial charge in [0.2, 0.25) is 5.91 Å². The number of amides is 1. The third kappa shape index (κ3) is 5.13. The van der Waals surface area contributed by atoms with E-state index < -0.39 is 0 Å². The minimum atomic E-state index is 0.101. The van der Waals surface area contributed by atoms with Crippen molar-refractivity contribution in [2.24, 2.45) is 4.99 Å². The van der Waals surface area contributed by atoms with Gasteiger partial charge in [0.15, 0.2) is 5.96 Å². The van der Waals surface area contributed by atoms with Crippen LogP contribution in [-0.2, 0) is 11.3 Å². The maximum absolute atomic E-state index is 12.1. The van der Waals surface area contributed by atoms with Gasteiger partial charge in [-0.3, -0.25) is 4.79 Å². The van der Waals surface area contributed by atoms with Crippen LogP contribution in [0, 0.1) is 0 Å². The third-order valence-electron chi connectivity index (χ3n) is 3.88. The molecule has 0 unspecified atom stereocenters. The van der Waals surface area contributed by atoms with Crippen LogP contribution in [0.1, 0.15) is 25.3 Å². The molecule has 1 N–H and O–H groups in total. The minimum Gasteiger partial charge on any atom is -0.357 e. The van der Waals surface area contributed by atoms with E-state index in [0.717, 1.165) is 49.0 Å². The lowest BCUT2D eigenvalue weighted by molar-refractivity contribution is -0.128. The summed E-state index contributed by atoms with van der Waals surface area (Å²) in [6.07, 6.45) is 2.20. The van der Waals surface area contributed by atoms with Gasteiger partial charge < -0.3 is 15.1 Å². The van der Waals surface area contributed by atoms with Gasteiger partial charge in [0.1, 0.15) is 6.54 Å². The van der Waals surface area contributed by atoms with Crippen LogP contribution in [0.15, 0.2) is 29.3 Å². The molecule has 1 aliphatic heterocycles. The van der Waals surface area contributed by atoms with Gasteiger partial charge in [0.25, 0.3) is 0 Å². The number of carbonyl (C=O) groups excluding carboxylic acids is 1. The molecule has 0 radical (unpaired) electrons. The van der Waals surface area contributed by atoms with Crippen LogP contribution in [0.4, 0.5) is 0 Å². The third-order valence-corrected chi connectivity index (χ3v) is 4.25. The molecule has 0 atom stereocenters. The van der Waals surface area contributed by atoms with E-state index in [9.17, 15) is 4.79 Å². The van der Waals surface area contributed by atoms with Crippen molar-refractivity contribution in [1.82, 2.24) is 15.1 Å². The fraction of sp³-hybridized carbons (Fsp3) is 0.529. The van der Waals surface area contributed by atoms with Crippen LogP contribution in [-0.4, -0.2) is 54.9 Å². The Morgan fingerprint density at radius 3 is 2.70 bits per heavy atom. The number of benzene rings is 1. The lowest BCUT2D eigenvalue weighted by Gasteiger charge is -2.23. The normalized spacial score (nSPS) is 14.9. The van der Waals surface area contributed by atoms with E-state index in [-0.39, 0.29) is 12.5 Å². The molecular formula is C17H25ClN4O. The van der Waals surface area contributed by atoms with E-state index in [1.165, 1.54) is 0 Å². The van der Waals surface area contributed by atoms with Gasteiger partial charge in [-0.2, -0.15) is 0 Å². The fourth-order valence-corrected chi connectivity index (χ4v) is 2.83. The zero-order chi connectivity index (χ0) is 16.7. The van der Waals surface area contributed by atoms with Crippen LogP contribution >= 0.6 is 11.6 Å². The highest BCUT2D eigenvalue weighted by Crippen LogP contribution is 2.16. The summed E-state index contributed by atoms with van der Waals surface area (Å²) in [7, 11) is 1.95. The predicted molar refractivity (Wildman–Crippen MR) is 94.7 cm³/mol. The monoisotopic (exact) mass is 336 g/mol. The van der Waals surface area contributed by atoms with Gasteiger partial charge in [-0.25, -0.2) is 4.99 Å². The quantitative estimate of drug-likeness (QED) is 0.663. The maximum Gasteiger partial charge on any atom is 0.244 e. The SMILES string of the molecule is CCNC(=NCC(=O)N1CCCC1)N(C)Cc1ccccc1Cl. The molecule has 1 aliphatic rings. The van der Waals surface area contributed by atoms with E-state index in [0.29, 0.717) is 6.54 Å². The first-order chi connectivity index (χ1) is 11.1. The van der Waals surface area contributed by atoms with Crippen LogP contribution in [0.5, 0.6) is 0 Å². The first-order valence-corrected chi connectivity index (χ1v) is 8.50. The number of guanidine groups is 1. The number of hydrogen-bond donors (Lipinski definition) is 1. The van der Waals surface area contributed by atoms with E-state index in [2.05, 4.69) is 10.3 Å². The van der Waals surface area contributed by atoms with Gasteiger partial charge in [0, 0.05) is 38.2 Å². The summed E-state index contributed by atoms with van der Waals surface area (Å²) < 4.78 is 0. The number of carbonyl (C=O) groups is 1. The molecule has 2 rings (SSSR count). The lowest BCUT2D eigenvalue weighted by atomic mass is 10.2. The summed E-state index contributed by atoms with van der Waals surface area (Å²) in [5.41, 5.74) is 1.04. The average molecular weight is 337 g/mol. The Labute approximate surface area is 143 Å². The Balaban J connectivity index is 1.99. The number of aliphatic imine (C=N–C) groups is 1. The molecule has 1 saturated heterocycles. The van der Waals surface area contributed by atoms with Crippen LogP contribution in [0.2, 0.25) is 5.02 Å². The second kappa shape index (κ2) is 8.77. The number of nitrogens with one attached hydrogen (secondary N) is 1. The van der Waals surface area contributed by atoms with Crippen LogP contribution < -0.4 is 5.32 Å². The highest BCUT2D eigenvalue weighted by Gasteiger charge is 2.18. The van der Waals surface area contributed by atoms with Gasteiger partial charge in [-0.05, 0) is 31.4 Å². The molecule has 1 heterocycles. The minimum absolute atomic E-state index is 0.101. The topological polar surface area (TPSA) is 47.9 Å². The van der Waals surface area contributed by atoms with Crippen molar-refractivity contribution < 1.29 is 4.79 Å². The number of likely N-dealkylation sites (tertiary alicyclic amines) is 1. The fourth-order valence-electron chi connectivity index (χ4n) is 2.64. The van der Waals surface area contributed by atoms with E-state index in [1.54, 1.807) is 0 Å². The summed E-state index contributed by atoms with van der Waals surface area (Å²) in [6, 6.07) is 7.76. The summed E-state index contributed by atoms with van der Waals surface area (Å²) in [5, 5.41) is 3.97. The number of hydrogen-bond acceptors (Lipinski definition) is 2. The Bertz CT molecular complexity index is 555. The summed E-state index contributed by atoms with van der Waals surface area (Å²) in [5.74, 6) is 0.823. The van der Waals surface area contributed by atoms with Crippen molar-refractivity contribution >= 4 is 23.5 Å². The molecule has 1 amide bonds. The summed E-state index contributed by atoms with van der Waals surface area (Å²) >= 11 is 6.22. The standard InChI is InChI=1S/C17H25ClN4O/c1-3-19-17(20-12-16(23)22-10-6-7-11-22)21(2)13-14-8-4-5-9-15(14)18/h4-5,8-9H,3,6-7,10-13H2,1-2H3,(H,19,20). The molecule has 0 bridgehead atoms. The first-order valence-electron chi connectivity index (χ1n) is 8.12. The Morgan fingerprint density at radius 2 is 2.04 bits per heavy atom. The van der Waals surface area contributed by atoms with Gasteiger partial charge in [0.05, 0.1) is 0 Å². The Hall–Kier alpha value is -1.75. The molecule has 0 spiro atoms. The molecule has 1 aromatic carbocycles. The predicted octanol–water partition coefficient (Wildman–Crippen LogP) is 2.36. The second-order valence-electron chi connectivity index (χ2n) is 5.71. The van der Waals surface area contributed by atoms with E-state index in [4.69, 9.17) is 11.6 Å². The smallest absolute Gasteiger partial charge is 0.244 e. The van der Waals surface area contributed by atoms with Crippen molar-refractivity contribution in [3.63, 3.8) is 0 Å². The molecule has 6 heteroatoms. The average Bonchev–Trinajstić information content (AvgIpc) is 3.07. The summed E-state index contributed by atoms with van der Waals surface area (Å²) in [6.45, 7) is 5.32. The van der Waals surface area contributed by atoms with Gasteiger partial charge >= 0.3 is 0 Å². The van der Waals surface area contributed by atoms with Crippen molar-refractivity contribution in [3.05, 3.63) is 34.9 Å². The zero-order valence-corrected chi connectivity index (χ0v) is 14.6. The zero-order valence-electron chi connectivity index (χ0n) is 13.9. The molecule has 1 aromatic rings. The van der Waals surface area contributed by atoms with Crippen LogP contribution in [0.25, 0.3) is 0 Å². The second-order valence-corrected chi connectivity index (χ2v) is 6.11. The maximum atomic E-state index is 12.1. The molecule has 126 valence electrons. The number of nitrogens with zero attached hydrogens (tertiary/aromatic N) is 3. The number of halogens is 1. The molecule has 0 aromatic heterocycles. The molecule has 0 aliphatic carbocycles. The Kier molecular flexibility index (Phi) is 6.71. The van der Waals surface area contributed by atoms with Gasteiger partial charge in [-0.1, -0.05) is 29.8 Å². The van der Waals surface area contributed by atoms with Crippen molar-refractivity contribution in [1.29, 1.82) is 0 Å². The lowest BCUT2D eigenvalue weighted by Crippen LogP contribution is -2.39. The Morgan fingerprint density at radius 1 is 1.35 bits per heavy atom. The first kappa shape index (κ1) is 17.6.